The van der Waals surface area contributed by atoms with Crippen molar-refractivity contribution in [3.05, 3.63) is 29.3 Å². The van der Waals surface area contributed by atoms with Gasteiger partial charge in [0.1, 0.15) is 5.75 Å². The van der Waals surface area contributed by atoms with E-state index in [4.69, 9.17) is 10.5 Å². The zero-order valence-corrected chi connectivity index (χ0v) is 12.1. The van der Waals surface area contributed by atoms with Gasteiger partial charge in [-0.1, -0.05) is 18.6 Å². The van der Waals surface area contributed by atoms with Crippen LogP contribution in [-0.2, 0) is 0 Å². The summed E-state index contributed by atoms with van der Waals surface area (Å²) >= 11 is 0. The molecule has 4 nitrogen and oxygen atoms in total. The topological polar surface area (TPSA) is 55.6 Å². The Hall–Kier alpha value is -1.55. The van der Waals surface area contributed by atoms with E-state index in [0.717, 1.165) is 24.9 Å². The molecule has 0 saturated carbocycles. The van der Waals surface area contributed by atoms with Gasteiger partial charge in [0.05, 0.1) is 12.7 Å². The number of carbonyl (C=O) groups is 1. The Morgan fingerprint density at radius 3 is 2.68 bits per heavy atom. The number of nitrogens with two attached hydrogens (primary N) is 1. The molecule has 1 amide bonds. The number of benzene rings is 1. The number of carbonyl (C=O) groups excluding carboxylic acids is 1. The minimum atomic E-state index is 0.0239. The van der Waals surface area contributed by atoms with E-state index in [2.05, 4.69) is 6.92 Å². The molecular formula is C15H24N2O2. The molecule has 0 aliphatic rings. The monoisotopic (exact) mass is 264 g/mol. The van der Waals surface area contributed by atoms with E-state index in [0.29, 0.717) is 24.4 Å². The maximum atomic E-state index is 12.6. The molecule has 19 heavy (non-hydrogen) atoms. The molecule has 0 radical (unpaired) electrons. The van der Waals surface area contributed by atoms with Crippen LogP contribution in [0.3, 0.4) is 0 Å². The third-order valence-electron chi connectivity index (χ3n) is 3.00. The fraction of sp³-hybridized carbons (Fsp3) is 0.533. The second-order valence-corrected chi connectivity index (χ2v) is 4.64. The minimum Gasteiger partial charge on any atom is -0.496 e. The van der Waals surface area contributed by atoms with Gasteiger partial charge >= 0.3 is 0 Å². The second-order valence-electron chi connectivity index (χ2n) is 4.64. The van der Waals surface area contributed by atoms with E-state index in [1.807, 2.05) is 30.0 Å². The molecule has 0 aliphatic carbocycles. The number of hydrogen-bond donors (Lipinski definition) is 1. The molecule has 0 unspecified atom stereocenters. The predicted octanol–water partition coefficient (Wildman–Crippen LogP) is 2.20. The maximum Gasteiger partial charge on any atom is 0.257 e. The Kier molecular flexibility index (Phi) is 6.36. The summed E-state index contributed by atoms with van der Waals surface area (Å²) in [6.45, 7) is 6.07. The lowest BCUT2D eigenvalue weighted by atomic mass is 10.1. The van der Waals surface area contributed by atoms with Crippen molar-refractivity contribution in [1.29, 1.82) is 0 Å². The molecule has 1 aromatic carbocycles. The SMILES string of the molecule is CCCN(CCCN)C(=O)c1cc(C)ccc1OC. The summed E-state index contributed by atoms with van der Waals surface area (Å²) in [4.78, 5) is 14.4. The molecular weight excluding hydrogens is 240 g/mol. The molecule has 1 rings (SSSR count). The maximum absolute atomic E-state index is 12.6. The standard InChI is InChI=1S/C15H24N2O2/c1-4-9-17(10-5-8-16)15(18)13-11-12(2)6-7-14(13)19-3/h6-7,11H,4-5,8-10,16H2,1-3H3. The van der Waals surface area contributed by atoms with Gasteiger partial charge in [-0.05, 0) is 38.4 Å². The molecule has 0 bridgehead atoms. The Bertz CT molecular complexity index is 419. The van der Waals surface area contributed by atoms with Gasteiger partial charge in [0.15, 0.2) is 0 Å². The van der Waals surface area contributed by atoms with Gasteiger partial charge in [0.2, 0.25) is 0 Å². The van der Waals surface area contributed by atoms with Gasteiger partial charge in [0, 0.05) is 13.1 Å². The van der Waals surface area contributed by atoms with Gasteiger partial charge in [-0.3, -0.25) is 4.79 Å². The van der Waals surface area contributed by atoms with E-state index in [9.17, 15) is 4.79 Å². The first-order chi connectivity index (χ1) is 9.13. The zero-order valence-electron chi connectivity index (χ0n) is 12.1. The Labute approximate surface area is 115 Å². The normalized spacial score (nSPS) is 10.3. The Balaban J connectivity index is 2.97. The van der Waals surface area contributed by atoms with E-state index >= 15 is 0 Å². The summed E-state index contributed by atoms with van der Waals surface area (Å²) in [5, 5.41) is 0. The van der Waals surface area contributed by atoms with E-state index in [1.165, 1.54) is 0 Å². The van der Waals surface area contributed by atoms with Gasteiger partial charge in [-0.15, -0.1) is 0 Å². The predicted molar refractivity (Wildman–Crippen MR) is 77.6 cm³/mol. The van der Waals surface area contributed by atoms with Gasteiger partial charge in [-0.25, -0.2) is 0 Å². The highest BCUT2D eigenvalue weighted by Gasteiger charge is 2.18. The first-order valence-electron chi connectivity index (χ1n) is 6.78. The lowest BCUT2D eigenvalue weighted by molar-refractivity contribution is 0.0751. The molecule has 2 N–H and O–H groups in total. The van der Waals surface area contributed by atoms with E-state index in [1.54, 1.807) is 7.11 Å². The lowest BCUT2D eigenvalue weighted by Gasteiger charge is -2.23. The summed E-state index contributed by atoms with van der Waals surface area (Å²) in [5.41, 5.74) is 7.22. The highest BCUT2D eigenvalue weighted by Crippen LogP contribution is 2.21. The molecule has 0 spiro atoms. The number of aryl methyl sites for hydroxylation is 1. The molecule has 0 heterocycles. The first kappa shape index (κ1) is 15.5. The summed E-state index contributed by atoms with van der Waals surface area (Å²) < 4.78 is 5.28. The van der Waals surface area contributed by atoms with Crippen molar-refractivity contribution < 1.29 is 9.53 Å². The molecule has 0 aromatic heterocycles. The zero-order chi connectivity index (χ0) is 14.3. The average Bonchev–Trinajstić information content (AvgIpc) is 2.42. The Morgan fingerprint density at radius 2 is 2.11 bits per heavy atom. The van der Waals surface area contributed by atoms with Crippen LogP contribution in [0.25, 0.3) is 0 Å². The van der Waals surface area contributed by atoms with Crippen LogP contribution in [0.5, 0.6) is 5.75 Å². The molecule has 0 atom stereocenters. The molecule has 4 heteroatoms. The van der Waals surface area contributed by atoms with Gasteiger partial charge < -0.3 is 15.4 Å². The summed E-state index contributed by atoms with van der Waals surface area (Å²) in [7, 11) is 1.59. The molecule has 106 valence electrons. The second kappa shape index (κ2) is 7.79. The highest BCUT2D eigenvalue weighted by molar-refractivity contribution is 5.97. The molecule has 0 aliphatic heterocycles. The van der Waals surface area contributed by atoms with Gasteiger partial charge in [-0.2, -0.15) is 0 Å². The molecule has 1 aromatic rings. The number of nitrogens with zero attached hydrogens (tertiary/aromatic N) is 1. The van der Waals surface area contributed by atoms with Crippen molar-refractivity contribution in [3.8, 4) is 5.75 Å². The fourth-order valence-electron chi connectivity index (χ4n) is 2.03. The van der Waals surface area contributed by atoms with Crippen molar-refractivity contribution >= 4 is 5.91 Å². The van der Waals surface area contributed by atoms with Crippen LogP contribution in [-0.4, -0.2) is 37.6 Å². The average molecular weight is 264 g/mol. The van der Waals surface area contributed by atoms with E-state index in [-0.39, 0.29) is 5.91 Å². The van der Waals surface area contributed by atoms with Crippen LogP contribution < -0.4 is 10.5 Å². The summed E-state index contributed by atoms with van der Waals surface area (Å²) in [5.74, 6) is 0.653. The van der Waals surface area contributed by atoms with Crippen LogP contribution in [0.2, 0.25) is 0 Å². The van der Waals surface area contributed by atoms with E-state index < -0.39 is 0 Å². The van der Waals surface area contributed by atoms with Gasteiger partial charge in [0.25, 0.3) is 5.91 Å². The Morgan fingerprint density at radius 1 is 1.37 bits per heavy atom. The van der Waals surface area contributed by atoms with Crippen LogP contribution >= 0.6 is 0 Å². The van der Waals surface area contributed by atoms with Crippen LogP contribution in [0, 0.1) is 6.92 Å². The number of amides is 1. The largest absolute Gasteiger partial charge is 0.496 e. The third-order valence-corrected chi connectivity index (χ3v) is 3.00. The number of methoxy groups -OCH3 is 1. The van der Waals surface area contributed by atoms with Crippen molar-refractivity contribution in [2.75, 3.05) is 26.7 Å². The summed E-state index contributed by atoms with van der Waals surface area (Å²) in [6.07, 6.45) is 1.75. The third kappa shape index (κ3) is 4.24. The molecule has 0 fully saturated rings. The van der Waals surface area contributed by atoms with Crippen LogP contribution in [0.1, 0.15) is 35.7 Å². The van der Waals surface area contributed by atoms with Crippen LogP contribution in [0.15, 0.2) is 18.2 Å². The number of rotatable bonds is 7. The van der Waals surface area contributed by atoms with Crippen molar-refractivity contribution in [3.63, 3.8) is 0 Å². The van der Waals surface area contributed by atoms with Crippen LogP contribution in [0.4, 0.5) is 0 Å². The highest BCUT2D eigenvalue weighted by atomic mass is 16.5. The number of ether oxygens (including phenoxy) is 1. The summed E-state index contributed by atoms with van der Waals surface area (Å²) in [6, 6.07) is 5.67. The molecule has 0 saturated heterocycles. The first-order valence-corrected chi connectivity index (χ1v) is 6.78. The van der Waals surface area contributed by atoms with Crippen molar-refractivity contribution in [2.24, 2.45) is 5.73 Å². The quantitative estimate of drug-likeness (QED) is 0.821. The lowest BCUT2D eigenvalue weighted by Crippen LogP contribution is -2.34. The van der Waals surface area contributed by atoms with Crippen molar-refractivity contribution in [1.82, 2.24) is 4.90 Å². The smallest absolute Gasteiger partial charge is 0.257 e. The van der Waals surface area contributed by atoms with Crippen molar-refractivity contribution in [2.45, 2.75) is 26.7 Å². The fourth-order valence-corrected chi connectivity index (χ4v) is 2.03. The minimum absolute atomic E-state index is 0.0239. The number of hydrogen-bond acceptors (Lipinski definition) is 3.